The molecule has 0 fully saturated rings. The Balaban J connectivity index is 1.90. The number of thiophene rings is 1. The van der Waals surface area contributed by atoms with Crippen molar-refractivity contribution in [3.8, 4) is 0 Å². The highest BCUT2D eigenvalue weighted by Crippen LogP contribution is 2.19. The van der Waals surface area contributed by atoms with Crippen LogP contribution in [0.4, 0.5) is 11.4 Å². The molecule has 100 valence electrons. The van der Waals surface area contributed by atoms with Crippen molar-refractivity contribution in [3.63, 3.8) is 0 Å². The third-order valence-electron chi connectivity index (χ3n) is 2.74. The minimum absolute atomic E-state index is 0.0496. The van der Waals surface area contributed by atoms with Gasteiger partial charge in [0.2, 0.25) is 5.91 Å². The number of hydrogen-bond acceptors (Lipinski definition) is 3. The Bertz CT molecular complexity index is 546. The second-order valence-electron chi connectivity index (χ2n) is 4.33. The van der Waals surface area contributed by atoms with Crippen LogP contribution < -0.4 is 10.6 Å². The van der Waals surface area contributed by atoms with Gasteiger partial charge in [0.15, 0.2) is 0 Å². The molecule has 0 bridgehead atoms. The summed E-state index contributed by atoms with van der Waals surface area (Å²) in [4.78, 5) is 13.7. The molecule has 3 nitrogen and oxygen atoms in total. The van der Waals surface area contributed by atoms with Crippen LogP contribution in [0.1, 0.15) is 23.6 Å². The van der Waals surface area contributed by atoms with Gasteiger partial charge in [-0.3, -0.25) is 4.79 Å². The standard InChI is InChI=1S/C15H18N2OS/c1-3-14-8-9-15(19-14)10-16-12-4-6-13(7-5-12)17-11(2)18/h4-9,16H,3,10H2,1-2H3,(H,17,18). The van der Waals surface area contributed by atoms with Crippen LogP contribution in [0.2, 0.25) is 0 Å². The van der Waals surface area contributed by atoms with Crippen molar-refractivity contribution in [3.05, 3.63) is 46.2 Å². The number of benzene rings is 1. The fourth-order valence-electron chi connectivity index (χ4n) is 1.77. The zero-order valence-corrected chi connectivity index (χ0v) is 12.0. The minimum Gasteiger partial charge on any atom is -0.380 e. The van der Waals surface area contributed by atoms with Gasteiger partial charge < -0.3 is 10.6 Å². The van der Waals surface area contributed by atoms with Crippen LogP contribution in [0.25, 0.3) is 0 Å². The Labute approximate surface area is 117 Å². The lowest BCUT2D eigenvalue weighted by molar-refractivity contribution is -0.114. The summed E-state index contributed by atoms with van der Waals surface area (Å²) in [5.41, 5.74) is 1.88. The lowest BCUT2D eigenvalue weighted by Gasteiger charge is -2.06. The number of carbonyl (C=O) groups excluding carboxylic acids is 1. The van der Waals surface area contributed by atoms with Crippen molar-refractivity contribution in [2.45, 2.75) is 26.8 Å². The van der Waals surface area contributed by atoms with E-state index in [2.05, 4.69) is 29.7 Å². The van der Waals surface area contributed by atoms with Gasteiger partial charge in [0.1, 0.15) is 0 Å². The highest BCUT2D eigenvalue weighted by molar-refractivity contribution is 7.12. The Morgan fingerprint density at radius 1 is 1.05 bits per heavy atom. The summed E-state index contributed by atoms with van der Waals surface area (Å²) in [5.74, 6) is -0.0496. The van der Waals surface area contributed by atoms with Crippen LogP contribution in [-0.2, 0) is 17.8 Å². The van der Waals surface area contributed by atoms with Crippen molar-refractivity contribution in [1.29, 1.82) is 0 Å². The first-order valence-electron chi connectivity index (χ1n) is 6.36. The summed E-state index contributed by atoms with van der Waals surface area (Å²) in [6.45, 7) is 4.52. The molecule has 0 radical (unpaired) electrons. The Morgan fingerprint density at radius 2 is 1.68 bits per heavy atom. The van der Waals surface area contributed by atoms with Gasteiger partial charge in [0.05, 0.1) is 0 Å². The molecule has 0 saturated heterocycles. The average Bonchev–Trinajstić information content (AvgIpc) is 2.85. The van der Waals surface area contributed by atoms with E-state index in [1.807, 2.05) is 35.6 Å². The molecule has 0 atom stereocenters. The smallest absolute Gasteiger partial charge is 0.221 e. The molecule has 1 amide bonds. The molecular weight excluding hydrogens is 256 g/mol. The van der Waals surface area contributed by atoms with E-state index < -0.39 is 0 Å². The quantitative estimate of drug-likeness (QED) is 0.868. The van der Waals surface area contributed by atoms with Crippen molar-refractivity contribution in [2.75, 3.05) is 10.6 Å². The summed E-state index contributed by atoms with van der Waals surface area (Å²) in [5, 5.41) is 6.13. The number of aryl methyl sites for hydroxylation is 1. The Morgan fingerprint density at radius 3 is 2.26 bits per heavy atom. The number of nitrogens with one attached hydrogen (secondary N) is 2. The first-order chi connectivity index (χ1) is 9.17. The summed E-state index contributed by atoms with van der Waals surface area (Å²) < 4.78 is 0. The third kappa shape index (κ3) is 4.10. The van der Waals surface area contributed by atoms with E-state index in [0.29, 0.717) is 0 Å². The van der Waals surface area contributed by atoms with E-state index in [4.69, 9.17) is 0 Å². The molecule has 0 aliphatic rings. The van der Waals surface area contributed by atoms with Crippen molar-refractivity contribution in [1.82, 2.24) is 0 Å². The van der Waals surface area contributed by atoms with Gasteiger partial charge in [-0.15, -0.1) is 11.3 Å². The Kier molecular flexibility index (Phi) is 4.58. The highest BCUT2D eigenvalue weighted by Gasteiger charge is 1.99. The summed E-state index contributed by atoms with van der Waals surface area (Å²) in [6.07, 6.45) is 1.09. The third-order valence-corrected chi connectivity index (χ3v) is 3.97. The number of anilines is 2. The molecule has 1 aromatic carbocycles. The lowest BCUT2D eigenvalue weighted by Crippen LogP contribution is -2.05. The second kappa shape index (κ2) is 6.38. The first kappa shape index (κ1) is 13.6. The molecule has 0 aliphatic heterocycles. The molecular formula is C15H18N2OS. The molecule has 2 aromatic rings. The van der Waals surface area contributed by atoms with E-state index in [9.17, 15) is 4.79 Å². The Hall–Kier alpha value is -1.81. The van der Waals surface area contributed by atoms with Gasteiger partial charge in [-0.1, -0.05) is 6.92 Å². The maximum absolute atomic E-state index is 10.9. The zero-order valence-electron chi connectivity index (χ0n) is 11.2. The van der Waals surface area contributed by atoms with Gasteiger partial charge in [-0.25, -0.2) is 0 Å². The van der Waals surface area contributed by atoms with Gasteiger partial charge in [0.25, 0.3) is 0 Å². The molecule has 1 aromatic heterocycles. The predicted octanol–water partition coefficient (Wildman–Crippen LogP) is 3.88. The van der Waals surface area contributed by atoms with Crippen LogP contribution in [0.15, 0.2) is 36.4 Å². The van der Waals surface area contributed by atoms with Gasteiger partial charge in [-0.05, 0) is 42.8 Å². The average molecular weight is 274 g/mol. The molecule has 0 saturated carbocycles. The highest BCUT2D eigenvalue weighted by atomic mass is 32.1. The van der Waals surface area contributed by atoms with Crippen LogP contribution >= 0.6 is 11.3 Å². The lowest BCUT2D eigenvalue weighted by atomic mass is 10.2. The largest absolute Gasteiger partial charge is 0.380 e. The second-order valence-corrected chi connectivity index (χ2v) is 5.59. The van der Waals surface area contributed by atoms with Crippen LogP contribution in [0.5, 0.6) is 0 Å². The topological polar surface area (TPSA) is 41.1 Å². The summed E-state index contributed by atoms with van der Waals surface area (Å²) in [6, 6.07) is 12.1. The molecule has 0 unspecified atom stereocenters. The fraction of sp³-hybridized carbons (Fsp3) is 0.267. The summed E-state index contributed by atoms with van der Waals surface area (Å²) >= 11 is 1.84. The normalized spacial score (nSPS) is 10.2. The van der Waals surface area contributed by atoms with E-state index in [1.165, 1.54) is 16.7 Å². The zero-order chi connectivity index (χ0) is 13.7. The van der Waals surface area contributed by atoms with Gasteiger partial charge >= 0.3 is 0 Å². The van der Waals surface area contributed by atoms with Crippen molar-refractivity contribution >= 4 is 28.6 Å². The van der Waals surface area contributed by atoms with Gasteiger partial charge in [0, 0.05) is 34.6 Å². The molecule has 19 heavy (non-hydrogen) atoms. The van der Waals surface area contributed by atoms with Gasteiger partial charge in [-0.2, -0.15) is 0 Å². The monoisotopic (exact) mass is 274 g/mol. The number of amides is 1. The maximum atomic E-state index is 10.9. The fourth-order valence-corrected chi connectivity index (χ4v) is 2.67. The van der Waals surface area contributed by atoms with E-state index >= 15 is 0 Å². The van der Waals surface area contributed by atoms with Crippen molar-refractivity contribution < 1.29 is 4.79 Å². The van der Waals surface area contributed by atoms with E-state index in [0.717, 1.165) is 24.3 Å². The molecule has 1 heterocycles. The molecule has 2 N–H and O–H groups in total. The summed E-state index contributed by atoms with van der Waals surface area (Å²) in [7, 11) is 0. The van der Waals surface area contributed by atoms with E-state index in [-0.39, 0.29) is 5.91 Å². The molecule has 4 heteroatoms. The first-order valence-corrected chi connectivity index (χ1v) is 7.18. The van der Waals surface area contributed by atoms with E-state index in [1.54, 1.807) is 0 Å². The van der Waals surface area contributed by atoms with Crippen LogP contribution in [-0.4, -0.2) is 5.91 Å². The molecule has 2 rings (SSSR count). The molecule has 0 spiro atoms. The predicted molar refractivity (Wildman–Crippen MR) is 81.8 cm³/mol. The van der Waals surface area contributed by atoms with Crippen molar-refractivity contribution in [2.24, 2.45) is 0 Å². The van der Waals surface area contributed by atoms with Crippen LogP contribution in [0.3, 0.4) is 0 Å². The minimum atomic E-state index is -0.0496. The number of carbonyl (C=O) groups is 1. The number of hydrogen-bond donors (Lipinski definition) is 2. The maximum Gasteiger partial charge on any atom is 0.221 e. The molecule has 0 aliphatic carbocycles. The number of rotatable bonds is 5. The SMILES string of the molecule is CCc1ccc(CNc2ccc(NC(C)=O)cc2)s1. The van der Waals surface area contributed by atoms with Crippen LogP contribution in [0, 0.1) is 0 Å².